The molecule has 1 atom stereocenters. The van der Waals surface area contributed by atoms with Gasteiger partial charge in [-0.05, 0) is 57.7 Å². The van der Waals surface area contributed by atoms with Gasteiger partial charge in [-0.2, -0.15) is 0 Å². The van der Waals surface area contributed by atoms with Crippen LogP contribution in [0, 0.1) is 5.92 Å². The van der Waals surface area contributed by atoms with Crippen molar-refractivity contribution < 1.29 is 9.53 Å². The first-order chi connectivity index (χ1) is 10.9. The molecule has 0 bridgehead atoms. The minimum atomic E-state index is -0.433. The van der Waals surface area contributed by atoms with Gasteiger partial charge < -0.3 is 10.1 Å². The molecule has 0 spiro atoms. The maximum absolute atomic E-state index is 12.4. The van der Waals surface area contributed by atoms with E-state index in [0.29, 0.717) is 6.54 Å². The Hall–Kier alpha value is -1.62. The van der Waals surface area contributed by atoms with E-state index in [-0.39, 0.29) is 11.9 Å². The summed E-state index contributed by atoms with van der Waals surface area (Å²) >= 11 is 1.77. The van der Waals surface area contributed by atoms with Crippen LogP contribution >= 0.6 is 11.3 Å². The Morgan fingerprint density at radius 1 is 1.43 bits per heavy atom. The quantitative estimate of drug-likeness (QED) is 0.839. The summed E-state index contributed by atoms with van der Waals surface area (Å²) in [5.41, 5.74) is 3.07. The number of carbonyl (C=O) groups excluding carboxylic acids is 1. The average Bonchev–Trinajstić information content (AvgIpc) is 2.77. The number of ether oxygens (including phenoxy) is 1. The molecule has 1 aliphatic heterocycles. The van der Waals surface area contributed by atoms with Crippen molar-refractivity contribution >= 4 is 33.2 Å². The zero-order valence-electron chi connectivity index (χ0n) is 14.2. The molecule has 1 N–H and O–H groups in total. The van der Waals surface area contributed by atoms with Crippen molar-refractivity contribution in [1.29, 1.82) is 0 Å². The van der Waals surface area contributed by atoms with E-state index in [2.05, 4.69) is 29.4 Å². The van der Waals surface area contributed by atoms with Crippen LogP contribution in [-0.2, 0) is 22.4 Å². The predicted octanol–water partition coefficient (Wildman–Crippen LogP) is 4.17. The van der Waals surface area contributed by atoms with Crippen LogP contribution in [0.25, 0.3) is 10.2 Å². The van der Waals surface area contributed by atoms with E-state index in [0.717, 1.165) is 30.5 Å². The maximum Gasteiger partial charge on any atom is 0.311 e. The molecular weight excluding hydrogens is 308 g/mol. The molecule has 1 aromatic heterocycles. The monoisotopic (exact) mass is 332 g/mol. The van der Waals surface area contributed by atoms with Gasteiger partial charge in [0.25, 0.3) is 0 Å². The summed E-state index contributed by atoms with van der Waals surface area (Å²) < 4.78 is 6.81. The van der Waals surface area contributed by atoms with E-state index in [9.17, 15) is 4.79 Å². The van der Waals surface area contributed by atoms with Crippen LogP contribution < -0.4 is 5.32 Å². The number of aryl methyl sites for hydroxylation is 2. The minimum absolute atomic E-state index is 0.102. The molecule has 3 rings (SSSR count). The van der Waals surface area contributed by atoms with Gasteiger partial charge in [0.05, 0.1) is 21.1 Å². The molecule has 1 aliphatic rings. The molecule has 4 nitrogen and oxygen atoms in total. The standard InChI is InChI=1S/C18H24N2O2S/c1-5-15-20-14-9-8-13-12(16(14)23-15)7-6-11(10-19-13)17(21)22-18(2,3)4/h8-9,11,19H,5-7,10H2,1-4H3. The molecule has 2 aromatic rings. The van der Waals surface area contributed by atoms with Crippen molar-refractivity contribution in [2.24, 2.45) is 5.92 Å². The Labute approximate surface area is 141 Å². The van der Waals surface area contributed by atoms with Gasteiger partial charge in [-0.1, -0.05) is 6.92 Å². The van der Waals surface area contributed by atoms with E-state index in [1.807, 2.05) is 20.8 Å². The minimum Gasteiger partial charge on any atom is -0.460 e. The van der Waals surface area contributed by atoms with Crippen molar-refractivity contribution in [2.75, 3.05) is 11.9 Å². The highest BCUT2D eigenvalue weighted by molar-refractivity contribution is 7.18. The molecule has 2 heterocycles. The Bertz CT molecular complexity index is 730. The molecule has 124 valence electrons. The Morgan fingerprint density at radius 3 is 2.91 bits per heavy atom. The van der Waals surface area contributed by atoms with Gasteiger partial charge in [-0.3, -0.25) is 4.79 Å². The lowest BCUT2D eigenvalue weighted by Crippen LogP contribution is -2.31. The third-order valence-electron chi connectivity index (χ3n) is 4.03. The second-order valence-corrected chi connectivity index (χ2v) is 8.13. The molecule has 0 amide bonds. The van der Waals surface area contributed by atoms with Crippen LogP contribution in [-0.4, -0.2) is 23.1 Å². The Morgan fingerprint density at radius 2 is 2.22 bits per heavy atom. The first-order valence-electron chi connectivity index (χ1n) is 8.25. The summed E-state index contributed by atoms with van der Waals surface area (Å²) in [6, 6.07) is 4.17. The van der Waals surface area contributed by atoms with Gasteiger partial charge >= 0.3 is 5.97 Å². The average molecular weight is 332 g/mol. The number of carbonyl (C=O) groups is 1. The summed E-state index contributed by atoms with van der Waals surface area (Å²) in [6.07, 6.45) is 2.66. The second-order valence-electron chi connectivity index (χ2n) is 7.05. The van der Waals surface area contributed by atoms with Crippen LogP contribution in [0.3, 0.4) is 0 Å². The van der Waals surface area contributed by atoms with Crippen LogP contribution in [0.4, 0.5) is 5.69 Å². The normalized spacial score (nSPS) is 18.2. The number of rotatable bonds is 2. The van der Waals surface area contributed by atoms with Crippen LogP contribution in [0.5, 0.6) is 0 Å². The number of benzene rings is 1. The zero-order chi connectivity index (χ0) is 16.6. The van der Waals surface area contributed by atoms with Gasteiger partial charge in [0.2, 0.25) is 0 Å². The molecule has 1 aromatic carbocycles. The molecule has 0 fully saturated rings. The number of fused-ring (bicyclic) bond motifs is 3. The van der Waals surface area contributed by atoms with E-state index < -0.39 is 5.60 Å². The van der Waals surface area contributed by atoms with Crippen molar-refractivity contribution in [3.8, 4) is 0 Å². The van der Waals surface area contributed by atoms with Crippen molar-refractivity contribution in [3.63, 3.8) is 0 Å². The molecule has 23 heavy (non-hydrogen) atoms. The highest BCUT2D eigenvalue weighted by Crippen LogP contribution is 2.35. The number of aromatic nitrogens is 1. The van der Waals surface area contributed by atoms with Crippen LogP contribution in [0.1, 0.15) is 44.7 Å². The number of esters is 1. The molecule has 0 saturated heterocycles. The number of hydrogen-bond donors (Lipinski definition) is 1. The topological polar surface area (TPSA) is 51.2 Å². The third-order valence-corrected chi connectivity index (χ3v) is 5.30. The summed E-state index contributed by atoms with van der Waals surface area (Å²) in [5.74, 6) is -0.206. The fraction of sp³-hybridized carbons (Fsp3) is 0.556. The molecular formula is C18H24N2O2S. The lowest BCUT2D eigenvalue weighted by atomic mass is 10.0. The number of thiazole rings is 1. The largest absolute Gasteiger partial charge is 0.460 e. The first kappa shape index (κ1) is 16.2. The number of hydrogen-bond acceptors (Lipinski definition) is 5. The van der Waals surface area contributed by atoms with Gasteiger partial charge in [-0.15, -0.1) is 11.3 Å². The zero-order valence-corrected chi connectivity index (χ0v) is 15.0. The molecule has 0 radical (unpaired) electrons. The SMILES string of the molecule is CCc1nc2ccc3c(c2s1)CCC(C(=O)OC(C)(C)C)CN3. The van der Waals surface area contributed by atoms with E-state index in [4.69, 9.17) is 4.74 Å². The van der Waals surface area contributed by atoms with E-state index in [1.165, 1.54) is 15.3 Å². The lowest BCUT2D eigenvalue weighted by molar-refractivity contribution is -0.159. The van der Waals surface area contributed by atoms with Gasteiger partial charge in [0.15, 0.2) is 0 Å². The fourth-order valence-corrected chi connectivity index (χ4v) is 3.97. The maximum atomic E-state index is 12.4. The van der Waals surface area contributed by atoms with Gasteiger partial charge in [-0.25, -0.2) is 4.98 Å². The van der Waals surface area contributed by atoms with Crippen molar-refractivity contribution in [1.82, 2.24) is 4.98 Å². The Balaban J connectivity index is 1.84. The highest BCUT2D eigenvalue weighted by Gasteiger charge is 2.28. The number of nitrogens with one attached hydrogen (secondary N) is 1. The number of anilines is 1. The van der Waals surface area contributed by atoms with Crippen LogP contribution in [0.15, 0.2) is 12.1 Å². The third kappa shape index (κ3) is 3.50. The summed E-state index contributed by atoms with van der Waals surface area (Å²) in [7, 11) is 0. The van der Waals surface area contributed by atoms with E-state index >= 15 is 0 Å². The van der Waals surface area contributed by atoms with Gasteiger partial charge in [0.1, 0.15) is 5.60 Å². The van der Waals surface area contributed by atoms with E-state index in [1.54, 1.807) is 11.3 Å². The van der Waals surface area contributed by atoms with Crippen molar-refractivity contribution in [3.05, 3.63) is 22.7 Å². The highest BCUT2D eigenvalue weighted by atomic mass is 32.1. The second kappa shape index (κ2) is 6.11. The molecule has 1 unspecified atom stereocenters. The lowest BCUT2D eigenvalue weighted by Gasteiger charge is -2.23. The number of nitrogens with zero attached hydrogens (tertiary/aromatic N) is 1. The molecule has 0 aliphatic carbocycles. The summed E-state index contributed by atoms with van der Waals surface area (Å²) in [5, 5.41) is 4.61. The predicted molar refractivity (Wildman–Crippen MR) is 95.1 cm³/mol. The smallest absolute Gasteiger partial charge is 0.311 e. The van der Waals surface area contributed by atoms with Crippen molar-refractivity contribution in [2.45, 2.75) is 52.6 Å². The summed E-state index contributed by atoms with van der Waals surface area (Å²) in [6.45, 7) is 8.50. The molecule has 5 heteroatoms. The van der Waals surface area contributed by atoms with Gasteiger partial charge in [0, 0.05) is 12.2 Å². The Kier molecular flexibility index (Phi) is 4.32. The fourth-order valence-electron chi connectivity index (χ4n) is 2.90. The summed E-state index contributed by atoms with van der Waals surface area (Å²) in [4.78, 5) is 17.0. The first-order valence-corrected chi connectivity index (χ1v) is 9.07. The molecule has 0 saturated carbocycles. The van der Waals surface area contributed by atoms with Crippen LogP contribution in [0.2, 0.25) is 0 Å².